The van der Waals surface area contributed by atoms with Crippen molar-refractivity contribution < 1.29 is 19.8 Å². The molecule has 0 bridgehead atoms. The van der Waals surface area contributed by atoms with E-state index in [0.29, 0.717) is 12.3 Å². The molecule has 0 aromatic rings. The Balaban J connectivity index is 4.03. The van der Waals surface area contributed by atoms with Gasteiger partial charge in [-0.05, 0) is 31.6 Å². The minimum atomic E-state index is -0.678. The van der Waals surface area contributed by atoms with Crippen molar-refractivity contribution >= 4 is 11.9 Å². The second-order valence-corrected chi connectivity index (χ2v) is 14.1. The van der Waals surface area contributed by atoms with E-state index in [-0.39, 0.29) is 5.92 Å². The molecular weight excluding hydrogens is 544 g/mol. The van der Waals surface area contributed by atoms with Crippen LogP contribution in [0.5, 0.6) is 0 Å². The predicted octanol–water partition coefficient (Wildman–Crippen LogP) is 13.7. The summed E-state index contributed by atoms with van der Waals surface area (Å²) in [6.45, 7) is 4.53. The third-order valence-corrected chi connectivity index (χ3v) is 9.90. The van der Waals surface area contributed by atoms with Crippen LogP contribution in [-0.4, -0.2) is 22.2 Å². The first kappa shape index (κ1) is 42.9. The van der Waals surface area contributed by atoms with E-state index in [1.165, 1.54) is 167 Å². The summed E-state index contributed by atoms with van der Waals surface area (Å²) < 4.78 is 0. The quantitative estimate of drug-likeness (QED) is 0.0676. The van der Waals surface area contributed by atoms with E-state index < -0.39 is 11.9 Å². The van der Waals surface area contributed by atoms with Crippen molar-refractivity contribution in [2.75, 3.05) is 0 Å². The van der Waals surface area contributed by atoms with Crippen LogP contribution in [0, 0.1) is 11.8 Å². The zero-order valence-electron chi connectivity index (χ0n) is 29.9. The van der Waals surface area contributed by atoms with Gasteiger partial charge in [0.05, 0.1) is 5.92 Å². The molecule has 0 heterocycles. The van der Waals surface area contributed by atoms with Crippen LogP contribution in [0.3, 0.4) is 0 Å². The summed E-state index contributed by atoms with van der Waals surface area (Å²) in [5, 5.41) is 18.9. The van der Waals surface area contributed by atoms with Crippen molar-refractivity contribution in [2.24, 2.45) is 11.8 Å². The Bertz CT molecular complexity index is 604. The molecule has 2 atom stereocenters. The molecule has 4 heteroatoms. The summed E-state index contributed by atoms with van der Waals surface area (Å²) in [4.78, 5) is 22.9. The van der Waals surface area contributed by atoms with Crippen molar-refractivity contribution in [3.63, 3.8) is 0 Å². The van der Waals surface area contributed by atoms with Crippen LogP contribution in [0.15, 0.2) is 0 Å². The molecule has 0 aliphatic carbocycles. The standard InChI is InChI=1S/C40H78O4/c1-3-5-7-9-10-11-12-13-14-15-16-17-21-24-27-31-35-38(40(43)44)37(33-29-8-6-4-2)34-30-26-23-20-18-19-22-25-28-32-36-39(41)42/h37-38H,3-36H2,1-2H3,(H,41,42)(H,43,44). The lowest BCUT2D eigenvalue weighted by atomic mass is 9.80. The van der Waals surface area contributed by atoms with Gasteiger partial charge in [-0.2, -0.15) is 0 Å². The SMILES string of the molecule is CCCCCCCCCCCCCCCCCCC(C(=O)O)C(CCCCCC)CCCCCCCCCCCCC(=O)O. The Hall–Kier alpha value is -1.06. The maximum Gasteiger partial charge on any atom is 0.306 e. The van der Waals surface area contributed by atoms with E-state index in [9.17, 15) is 14.7 Å². The van der Waals surface area contributed by atoms with E-state index in [4.69, 9.17) is 5.11 Å². The van der Waals surface area contributed by atoms with Crippen molar-refractivity contribution in [1.29, 1.82) is 0 Å². The highest BCUT2D eigenvalue weighted by atomic mass is 16.4. The summed E-state index contributed by atoms with van der Waals surface area (Å²) in [5.41, 5.74) is 0. The smallest absolute Gasteiger partial charge is 0.306 e. The molecule has 262 valence electrons. The Morgan fingerprint density at radius 3 is 0.977 bits per heavy atom. The summed E-state index contributed by atoms with van der Waals surface area (Å²) >= 11 is 0. The lowest BCUT2D eigenvalue weighted by Gasteiger charge is -2.24. The average molecular weight is 623 g/mol. The number of carboxylic acids is 2. The number of hydrogen-bond acceptors (Lipinski definition) is 2. The number of aliphatic carboxylic acids is 2. The summed E-state index contributed by atoms with van der Waals surface area (Å²) in [6, 6.07) is 0. The van der Waals surface area contributed by atoms with E-state index in [2.05, 4.69) is 13.8 Å². The maximum absolute atomic E-state index is 12.3. The maximum atomic E-state index is 12.3. The van der Waals surface area contributed by atoms with E-state index in [1.54, 1.807) is 0 Å². The number of rotatable bonds is 37. The molecule has 0 saturated heterocycles. The van der Waals surface area contributed by atoms with Crippen molar-refractivity contribution in [1.82, 2.24) is 0 Å². The molecule has 2 N–H and O–H groups in total. The molecule has 2 unspecified atom stereocenters. The number of unbranched alkanes of at least 4 members (excludes halogenated alkanes) is 27. The fourth-order valence-electron chi connectivity index (χ4n) is 6.95. The molecule has 0 amide bonds. The highest BCUT2D eigenvalue weighted by molar-refractivity contribution is 5.70. The average Bonchev–Trinajstić information content (AvgIpc) is 3.00. The number of carbonyl (C=O) groups is 2. The molecule has 4 nitrogen and oxygen atoms in total. The largest absolute Gasteiger partial charge is 0.481 e. The zero-order chi connectivity index (χ0) is 32.4. The summed E-state index contributed by atoms with van der Waals surface area (Å²) in [5.74, 6) is -1.02. The fraction of sp³-hybridized carbons (Fsp3) is 0.950. The lowest BCUT2D eigenvalue weighted by molar-refractivity contribution is -0.144. The Labute approximate surface area is 275 Å². The first-order valence-electron chi connectivity index (χ1n) is 20.0. The van der Waals surface area contributed by atoms with Gasteiger partial charge in [0.25, 0.3) is 0 Å². The molecule has 0 aromatic heterocycles. The molecule has 0 fully saturated rings. The Kier molecular flexibility index (Phi) is 34.0. The van der Waals surface area contributed by atoms with Crippen LogP contribution >= 0.6 is 0 Å². The second kappa shape index (κ2) is 34.8. The number of carboxylic acid groups (broad SMARTS) is 2. The van der Waals surface area contributed by atoms with Crippen molar-refractivity contribution in [3.05, 3.63) is 0 Å². The van der Waals surface area contributed by atoms with E-state index in [0.717, 1.165) is 44.9 Å². The monoisotopic (exact) mass is 623 g/mol. The van der Waals surface area contributed by atoms with Gasteiger partial charge in [0, 0.05) is 6.42 Å². The Morgan fingerprint density at radius 2 is 0.659 bits per heavy atom. The van der Waals surface area contributed by atoms with E-state index >= 15 is 0 Å². The Morgan fingerprint density at radius 1 is 0.386 bits per heavy atom. The molecule has 0 spiro atoms. The lowest BCUT2D eigenvalue weighted by Crippen LogP contribution is -2.24. The molecule has 0 aliphatic rings. The fourth-order valence-corrected chi connectivity index (χ4v) is 6.95. The highest BCUT2D eigenvalue weighted by Gasteiger charge is 2.26. The van der Waals surface area contributed by atoms with E-state index in [1.807, 2.05) is 0 Å². The second-order valence-electron chi connectivity index (χ2n) is 14.1. The third kappa shape index (κ3) is 30.9. The number of hydrogen-bond donors (Lipinski definition) is 2. The molecular formula is C40H78O4. The molecule has 44 heavy (non-hydrogen) atoms. The third-order valence-electron chi connectivity index (χ3n) is 9.90. The molecule has 0 saturated carbocycles. The van der Waals surface area contributed by atoms with Crippen molar-refractivity contribution in [3.8, 4) is 0 Å². The molecule has 0 rings (SSSR count). The van der Waals surface area contributed by atoms with Crippen LogP contribution in [0.1, 0.15) is 232 Å². The predicted molar refractivity (Wildman–Crippen MR) is 191 cm³/mol. The van der Waals surface area contributed by atoms with Gasteiger partial charge in [-0.3, -0.25) is 9.59 Å². The van der Waals surface area contributed by atoms with Gasteiger partial charge in [-0.15, -0.1) is 0 Å². The van der Waals surface area contributed by atoms with Crippen molar-refractivity contribution in [2.45, 2.75) is 232 Å². The first-order valence-corrected chi connectivity index (χ1v) is 20.0. The molecule has 0 aliphatic heterocycles. The van der Waals surface area contributed by atoms with Gasteiger partial charge in [-0.25, -0.2) is 0 Å². The minimum absolute atomic E-state index is 0.149. The minimum Gasteiger partial charge on any atom is -0.481 e. The van der Waals surface area contributed by atoms with Gasteiger partial charge in [0.15, 0.2) is 0 Å². The topological polar surface area (TPSA) is 74.6 Å². The van der Waals surface area contributed by atoms with Crippen LogP contribution in [0.25, 0.3) is 0 Å². The van der Waals surface area contributed by atoms with Gasteiger partial charge in [0.2, 0.25) is 0 Å². The van der Waals surface area contributed by atoms with Crippen LogP contribution in [0.2, 0.25) is 0 Å². The normalized spacial score (nSPS) is 12.9. The summed E-state index contributed by atoms with van der Waals surface area (Å²) in [7, 11) is 0. The summed E-state index contributed by atoms with van der Waals surface area (Å²) in [6.07, 6.45) is 41.7. The van der Waals surface area contributed by atoms with Gasteiger partial charge >= 0.3 is 11.9 Å². The highest BCUT2D eigenvalue weighted by Crippen LogP contribution is 2.30. The van der Waals surface area contributed by atoms with Gasteiger partial charge in [0.1, 0.15) is 0 Å². The van der Waals surface area contributed by atoms with Crippen LogP contribution in [-0.2, 0) is 9.59 Å². The van der Waals surface area contributed by atoms with Crippen LogP contribution in [0.4, 0.5) is 0 Å². The zero-order valence-corrected chi connectivity index (χ0v) is 29.9. The van der Waals surface area contributed by atoms with Gasteiger partial charge in [-0.1, -0.05) is 200 Å². The first-order chi connectivity index (χ1) is 21.5. The van der Waals surface area contributed by atoms with Gasteiger partial charge < -0.3 is 10.2 Å². The molecule has 0 aromatic carbocycles. The van der Waals surface area contributed by atoms with Crippen LogP contribution < -0.4 is 0 Å². The molecule has 0 radical (unpaired) electrons.